The minimum absolute atomic E-state index is 0.0769. The first-order chi connectivity index (χ1) is 8.56. The minimum atomic E-state index is -0.559. The molecule has 1 N–H and O–H groups in total. The van der Waals surface area contributed by atoms with Crippen LogP contribution in [0, 0.1) is 11.6 Å². The second-order valence-electron chi connectivity index (χ2n) is 3.59. The number of benzene rings is 2. The third-order valence-electron chi connectivity index (χ3n) is 2.28. The highest BCUT2D eigenvalue weighted by Crippen LogP contribution is 2.19. The van der Waals surface area contributed by atoms with Crippen molar-refractivity contribution in [2.24, 2.45) is 0 Å². The highest BCUT2D eigenvalue weighted by Gasteiger charge is 2.07. The van der Waals surface area contributed by atoms with E-state index in [0.29, 0.717) is 11.3 Å². The Hall–Kier alpha value is -1.94. The summed E-state index contributed by atoms with van der Waals surface area (Å²) in [5, 5.41) is 2.46. The zero-order valence-corrected chi connectivity index (χ0v) is 9.84. The molecule has 1 amide bonds. The van der Waals surface area contributed by atoms with Crippen LogP contribution in [0.4, 0.5) is 14.5 Å². The number of carbonyl (C=O) groups excluding carboxylic acids is 1. The number of hydrogen-bond acceptors (Lipinski definition) is 1. The van der Waals surface area contributed by atoms with Crippen LogP contribution in [0.3, 0.4) is 0 Å². The largest absolute Gasteiger partial charge is 0.322 e. The predicted molar refractivity (Wildman–Crippen MR) is 65.8 cm³/mol. The molecular formula is C13H8ClF2NO. The van der Waals surface area contributed by atoms with Crippen molar-refractivity contribution in [3.05, 3.63) is 64.7 Å². The van der Waals surface area contributed by atoms with E-state index >= 15 is 0 Å². The summed E-state index contributed by atoms with van der Waals surface area (Å²) in [6, 6.07) is 8.94. The Bertz CT molecular complexity index is 584. The molecule has 0 bridgehead atoms. The van der Waals surface area contributed by atoms with E-state index in [2.05, 4.69) is 5.32 Å². The molecule has 0 aliphatic rings. The van der Waals surface area contributed by atoms with E-state index in [1.807, 2.05) is 0 Å². The number of carbonyl (C=O) groups is 1. The quantitative estimate of drug-likeness (QED) is 0.879. The maximum atomic E-state index is 12.9. The molecule has 0 aromatic heterocycles. The van der Waals surface area contributed by atoms with E-state index in [9.17, 15) is 13.6 Å². The Morgan fingerprint density at radius 3 is 2.33 bits per heavy atom. The van der Waals surface area contributed by atoms with Crippen LogP contribution < -0.4 is 5.32 Å². The van der Waals surface area contributed by atoms with Crippen molar-refractivity contribution in [2.45, 2.75) is 0 Å². The smallest absolute Gasteiger partial charge is 0.255 e. The molecule has 2 rings (SSSR count). The Balaban J connectivity index is 2.16. The van der Waals surface area contributed by atoms with Crippen LogP contribution in [-0.4, -0.2) is 5.91 Å². The SMILES string of the molecule is O=C(Nc1ccc(F)c(Cl)c1)c1ccc(F)cc1. The molecule has 0 radical (unpaired) electrons. The average molecular weight is 268 g/mol. The molecule has 0 fully saturated rings. The summed E-state index contributed by atoms with van der Waals surface area (Å²) in [5.41, 5.74) is 0.674. The second-order valence-corrected chi connectivity index (χ2v) is 4.00. The molecule has 0 saturated heterocycles. The van der Waals surface area contributed by atoms with Crippen LogP contribution in [-0.2, 0) is 0 Å². The Labute approximate surface area is 107 Å². The van der Waals surface area contributed by atoms with Gasteiger partial charge in [-0.25, -0.2) is 8.78 Å². The average Bonchev–Trinajstić information content (AvgIpc) is 2.34. The molecule has 0 aliphatic carbocycles. The molecule has 0 unspecified atom stereocenters. The fourth-order valence-electron chi connectivity index (χ4n) is 1.38. The van der Waals surface area contributed by atoms with Gasteiger partial charge in [-0.3, -0.25) is 4.79 Å². The predicted octanol–water partition coefficient (Wildman–Crippen LogP) is 3.87. The minimum Gasteiger partial charge on any atom is -0.322 e. The normalized spacial score (nSPS) is 10.2. The lowest BCUT2D eigenvalue weighted by Crippen LogP contribution is -2.11. The topological polar surface area (TPSA) is 29.1 Å². The molecule has 2 nitrogen and oxygen atoms in total. The van der Waals surface area contributed by atoms with E-state index in [-0.39, 0.29) is 5.02 Å². The number of hydrogen-bond donors (Lipinski definition) is 1. The molecule has 5 heteroatoms. The molecule has 0 spiro atoms. The van der Waals surface area contributed by atoms with Gasteiger partial charge >= 0.3 is 0 Å². The summed E-state index contributed by atoms with van der Waals surface area (Å²) in [6.07, 6.45) is 0. The monoisotopic (exact) mass is 267 g/mol. The van der Waals surface area contributed by atoms with Gasteiger partial charge < -0.3 is 5.32 Å². The second kappa shape index (κ2) is 5.14. The van der Waals surface area contributed by atoms with Crippen LogP contribution in [0.2, 0.25) is 5.02 Å². The molecule has 18 heavy (non-hydrogen) atoms. The Morgan fingerprint density at radius 1 is 1.06 bits per heavy atom. The summed E-state index contributed by atoms with van der Waals surface area (Å²) in [7, 11) is 0. The first-order valence-corrected chi connectivity index (χ1v) is 5.46. The molecule has 92 valence electrons. The number of nitrogens with one attached hydrogen (secondary N) is 1. The van der Waals surface area contributed by atoms with Crippen LogP contribution in [0.25, 0.3) is 0 Å². The summed E-state index contributed by atoms with van der Waals surface area (Å²) in [6.45, 7) is 0. The highest BCUT2D eigenvalue weighted by molar-refractivity contribution is 6.31. The summed E-state index contributed by atoms with van der Waals surface area (Å²) in [4.78, 5) is 11.8. The van der Waals surface area contributed by atoms with Crippen molar-refractivity contribution in [3.63, 3.8) is 0 Å². The third-order valence-corrected chi connectivity index (χ3v) is 2.57. The van der Waals surface area contributed by atoms with Gasteiger partial charge in [0.1, 0.15) is 11.6 Å². The Morgan fingerprint density at radius 2 is 1.72 bits per heavy atom. The van der Waals surface area contributed by atoms with Gasteiger partial charge in [0.15, 0.2) is 0 Å². The van der Waals surface area contributed by atoms with Gasteiger partial charge in [0.25, 0.3) is 5.91 Å². The lowest BCUT2D eigenvalue weighted by Gasteiger charge is -2.05. The van der Waals surface area contributed by atoms with Crippen molar-refractivity contribution in [1.82, 2.24) is 0 Å². The molecule has 0 heterocycles. The lowest BCUT2D eigenvalue weighted by molar-refractivity contribution is 0.102. The van der Waals surface area contributed by atoms with Gasteiger partial charge in [-0.15, -0.1) is 0 Å². The molecule has 2 aromatic carbocycles. The van der Waals surface area contributed by atoms with Gasteiger partial charge in [0.05, 0.1) is 5.02 Å². The van der Waals surface area contributed by atoms with Gasteiger partial charge in [-0.05, 0) is 42.5 Å². The summed E-state index contributed by atoms with van der Waals surface area (Å²) in [5.74, 6) is -1.40. The van der Waals surface area contributed by atoms with E-state index in [4.69, 9.17) is 11.6 Å². The van der Waals surface area contributed by atoms with Crippen LogP contribution >= 0.6 is 11.6 Å². The van der Waals surface area contributed by atoms with Crippen LogP contribution in [0.1, 0.15) is 10.4 Å². The van der Waals surface area contributed by atoms with Crippen molar-refractivity contribution >= 4 is 23.2 Å². The van der Waals surface area contributed by atoms with E-state index in [0.717, 1.165) is 6.07 Å². The fourth-order valence-corrected chi connectivity index (χ4v) is 1.56. The number of halogens is 3. The molecule has 0 atom stereocenters. The van der Waals surface area contributed by atoms with Crippen molar-refractivity contribution in [2.75, 3.05) is 5.32 Å². The van der Waals surface area contributed by atoms with Crippen molar-refractivity contribution < 1.29 is 13.6 Å². The number of rotatable bonds is 2. The molecule has 2 aromatic rings. The number of amides is 1. The maximum absolute atomic E-state index is 12.9. The van der Waals surface area contributed by atoms with Gasteiger partial charge in [0, 0.05) is 11.3 Å². The molecular weight excluding hydrogens is 260 g/mol. The third kappa shape index (κ3) is 2.84. The first kappa shape index (κ1) is 12.5. The zero-order valence-electron chi connectivity index (χ0n) is 9.08. The zero-order chi connectivity index (χ0) is 13.1. The van der Waals surface area contributed by atoms with Crippen LogP contribution in [0.15, 0.2) is 42.5 Å². The summed E-state index contributed by atoms with van der Waals surface area (Å²) >= 11 is 5.59. The lowest BCUT2D eigenvalue weighted by atomic mass is 10.2. The van der Waals surface area contributed by atoms with Gasteiger partial charge in [0.2, 0.25) is 0 Å². The highest BCUT2D eigenvalue weighted by atomic mass is 35.5. The van der Waals surface area contributed by atoms with Gasteiger partial charge in [-0.1, -0.05) is 11.6 Å². The molecule has 0 saturated carbocycles. The van der Waals surface area contributed by atoms with E-state index in [1.165, 1.54) is 36.4 Å². The van der Waals surface area contributed by atoms with Crippen molar-refractivity contribution in [1.29, 1.82) is 0 Å². The maximum Gasteiger partial charge on any atom is 0.255 e. The van der Waals surface area contributed by atoms with E-state index < -0.39 is 17.5 Å². The van der Waals surface area contributed by atoms with E-state index in [1.54, 1.807) is 0 Å². The standard InChI is InChI=1S/C13H8ClF2NO/c14-11-7-10(5-6-12(11)16)17-13(18)8-1-3-9(15)4-2-8/h1-7H,(H,17,18). The van der Waals surface area contributed by atoms with Gasteiger partial charge in [-0.2, -0.15) is 0 Å². The van der Waals surface area contributed by atoms with Crippen LogP contribution in [0.5, 0.6) is 0 Å². The number of anilines is 1. The van der Waals surface area contributed by atoms with Crippen molar-refractivity contribution in [3.8, 4) is 0 Å². The fraction of sp³-hybridized carbons (Fsp3) is 0. The molecule has 0 aliphatic heterocycles. The Kier molecular flexibility index (Phi) is 3.58. The first-order valence-electron chi connectivity index (χ1n) is 5.08. The summed E-state index contributed by atoms with van der Waals surface area (Å²) < 4.78 is 25.6.